The van der Waals surface area contributed by atoms with E-state index in [0.717, 1.165) is 0 Å². The molecule has 0 aromatic heterocycles. The maximum Gasteiger partial charge on any atom is 0.251 e. The molecular formula is C13H18BrNO4. The number of hydrogen-bond acceptors (Lipinski definition) is 4. The summed E-state index contributed by atoms with van der Waals surface area (Å²) in [7, 11) is 1.54. The van der Waals surface area contributed by atoms with Gasteiger partial charge in [0.2, 0.25) is 0 Å². The fraction of sp³-hybridized carbons (Fsp3) is 0.462. The summed E-state index contributed by atoms with van der Waals surface area (Å²) < 4.78 is 5.75. The van der Waals surface area contributed by atoms with Gasteiger partial charge in [-0.25, -0.2) is 0 Å². The average molecular weight is 332 g/mol. The third kappa shape index (κ3) is 3.68. The second-order valence-corrected chi connectivity index (χ2v) is 5.11. The van der Waals surface area contributed by atoms with Crippen LogP contribution in [0.1, 0.15) is 23.7 Å². The molecule has 0 aliphatic carbocycles. The first-order valence-electron chi connectivity index (χ1n) is 5.89. The number of rotatable bonds is 6. The van der Waals surface area contributed by atoms with Crippen molar-refractivity contribution in [2.24, 2.45) is 0 Å². The largest absolute Gasteiger partial charge is 0.496 e. The van der Waals surface area contributed by atoms with Crippen molar-refractivity contribution in [3.8, 4) is 5.75 Å². The first-order valence-corrected chi connectivity index (χ1v) is 6.69. The maximum absolute atomic E-state index is 12.1. The number of aliphatic hydroxyl groups is 2. The van der Waals surface area contributed by atoms with Crippen LogP contribution < -0.4 is 10.1 Å². The molecule has 19 heavy (non-hydrogen) atoms. The number of halogens is 1. The lowest BCUT2D eigenvalue weighted by atomic mass is 9.98. The van der Waals surface area contributed by atoms with Gasteiger partial charge in [-0.1, -0.05) is 6.92 Å². The molecule has 106 valence electrons. The van der Waals surface area contributed by atoms with Crippen molar-refractivity contribution < 1.29 is 19.7 Å². The zero-order chi connectivity index (χ0) is 14.5. The van der Waals surface area contributed by atoms with Crippen LogP contribution in [0.25, 0.3) is 0 Å². The number of nitrogens with one attached hydrogen (secondary N) is 1. The van der Waals surface area contributed by atoms with Crippen LogP contribution in [0, 0.1) is 0 Å². The SMILES string of the molecule is CCC(CO)(CO)NC(=O)c1ccc(OC)c(Br)c1. The van der Waals surface area contributed by atoms with E-state index < -0.39 is 5.54 Å². The topological polar surface area (TPSA) is 78.8 Å². The van der Waals surface area contributed by atoms with Gasteiger partial charge in [0.1, 0.15) is 5.75 Å². The van der Waals surface area contributed by atoms with Crippen LogP contribution in [-0.4, -0.2) is 42.0 Å². The van der Waals surface area contributed by atoms with Crippen LogP contribution in [0.15, 0.2) is 22.7 Å². The Bertz CT molecular complexity index is 438. The van der Waals surface area contributed by atoms with Crippen molar-refractivity contribution in [2.45, 2.75) is 18.9 Å². The van der Waals surface area contributed by atoms with Crippen LogP contribution in [0.3, 0.4) is 0 Å². The molecule has 0 bridgehead atoms. The summed E-state index contributed by atoms with van der Waals surface area (Å²) in [5.74, 6) is 0.274. The Morgan fingerprint density at radius 2 is 2.05 bits per heavy atom. The summed E-state index contributed by atoms with van der Waals surface area (Å²) >= 11 is 3.30. The maximum atomic E-state index is 12.1. The highest BCUT2D eigenvalue weighted by molar-refractivity contribution is 9.10. The number of ether oxygens (including phenoxy) is 1. The molecule has 0 heterocycles. The summed E-state index contributed by atoms with van der Waals surface area (Å²) in [6, 6.07) is 4.92. The molecule has 5 nitrogen and oxygen atoms in total. The van der Waals surface area contributed by atoms with Crippen LogP contribution in [-0.2, 0) is 0 Å². The van der Waals surface area contributed by atoms with Crippen molar-refractivity contribution in [3.05, 3.63) is 28.2 Å². The first-order chi connectivity index (χ1) is 9.01. The summed E-state index contributed by atoms with van der Waals surface area (Å²) in [6.07, 6.45) is 0.434. The van der Waals surface area contributed by atoms with Gasteiger partial charge >= 0.3 is 0 Å². The number of carbonyl (C=O) groups is 1. The van der Waals surface area contributed by atoms with Gasteiger partial charge in [0.25, 0.3) is 5.91 Å². The number of aliphatic hydroxyl groups excluding tert-OH is 2. The molecule has 1 aromatic carbocycles. The third-order valence-electron chi connectivity index (χ3n) is 3.07. The lowest BCUT2D eigenvalue weighted by molar-refractivity contribution is 0.0653. The molecule has 3 N–H and O–H groups in total. The van der Waals surface area contributed by atoms with Gasteiger partial charge in [0.15, 0.2) is 0 Å². The zero-order valence-electron chi connectivity index (χ0n) is 10.9. The molecule has 1 rings (SSSR count). The standard InChI is InChI=1S/C13H18BrNO4/c1-3-13(7-16,8-17)15-12(18)9-4-5-11(19-2)10(14)6-9/h4-6,16-17H,3,7-8H2,1-2H3,(H,15,18). The molecule has 1 aromatic rings. The van der Waals surface area contributed by atoms with E-state index in [4.69, 9.17) is 4.74 Å². The van der Waals surface area contributed by atoms with Gasteiger partial charge < -0.3 is 20.3 Å². The van der Waals surface area contributed by atoms with Crippen LogP contribution in [0.2, 0.25) is 0 Å². The monoisotopic (exact) mass is 331 g/mol. The minimum Gasteiger partial charge on any atom is -0.496 e. The number of amides is 1. The Balaban J connectivity index is 2.92. The fourth-order valence-electron chi connectivity index (χ4n) is 1.56. The predicted octanol–water partition coefficient (Wildman–Crippen LogP) is 1.32. The lowest BCUT2D eigenvalue weighted by Crippen LogP contribution is -2.53. The molecule has 0 aliphatic heterocycles. The molecule has 0 aliphatic rings. The number of benzene rings is 1. The normalized spacial score (nSPS) is 11.2. The van der Waals surface area contributed by atoms with E-state index in [1.54, 1.807) is 32.2 Å². The number of methoxy groups -OCH3 is 1. The zero-order valence-corrected chi connectivity index (χ0v) is 12.5. The van der Waals surface area contributed by atoms with E-state index in [0.29, 0.717) is 22.2 Å². The van der Waals surface area contributed by atoms with E-state index in [1.165, 1.54) is 0 Å². The molecule has 0 saturated heterocycles. The van der Waals surface area contributed by atoms with Crippen molar-refractivity contribution in [2.75, 3.05) is 20.3 Å². The molecule has 0 radical (unpaired) electrons. The minimum atomic E-state index is -0.997. The summed E-state index contributed by atoms with van der Waals surface area (Å²) in [5.41, 5.74) is -0.573. The molecule has 0 saturated carbocycles. The van der Waals surface area contributed by atoms with E-state index in [1.807, 2.05) is 0 Å². The van der Waals surface area contributed by atoms with Crippen molar-refractivity contribution in [1.82, 2.24) is 5.32 Å². The molecular weight excluding hydrogens is 314 g/mol. The van der Waals surface area contributed by atoms with Gasteiger partial charge in [-0.05, 0) is 40.5 Å². The molecule has 0 spiro atoms. The van der Waals surface area contributed by atoms with Crippen LogP contribution >= 0.6 is 15.9 Å². The van der Waals surface area contributed by atoms with E-state index in [-0.39, 0.29) is 19.1 Å². The highest BCUT2D eigenvalue weighted by Gasteiger charge is 2.29. The fourth-order valence-corrected chi connectivity index (χ4v) is 2.10. The molecule has 6 heteroatoms. The van der Waals surface area contributed by atoms with E-state index in [2.05, 4.69) is 21.2 Å². The van der Waals surface area contributed by atoms with Crippen LogP contribution in [0.4, 0.5) is 0 Å². The molecule has 0 fully saturated rings. The van der Waals surface area contributed by atoms with Gasteiger partial charge in [-0.2, -0.15) is 0 Å². The Kier molecular flexibility index (Phi) is 5.78. The van der Waals surface area contributed by atoms with E-state index in [9.17, 15) is 15.0 Å². The van der Waals surface area contributed by atoms with Gasteiger partial charge in [-0.15, -0.1) is 0 Å². The Hall–Kier alpha value is -1.11. The summed E-state index contributed by atoms with van der Waals surface area (Å²) in [5, 5.41) is 21.3. The quantitative estimate of drug-likeness (QED) is 0.734. The second kappa shape index (κ2) is 6.88. The number of hydrogen-bond donors (Lipinski definition) is 3. The van der Waals surface area contributed by atoms with E-state index >= 15 is 0 Å². The van der Waals surface area contributed by atoms with Gasteiger partial charge in [0, 0.05) is 5.56 Å². The lowest BCUT2D eigenvalue weighted by Gasteiger charge is -2.29. The van der Waals surface area contributed by atoms with Crippen molar-refractivity contribution in [1.29, 1.82) is 0 Å². The van der Waals surface area contributed by atoms with Crippen molar-refractivity contribution in [3.63, 3.8) is 0 Å². The molecule has 1 amide bonds. The third-order valence-corrected chi connectivity index (χ3v) is 3.69. The Labute approximate surface area is 120 Å². The highest BCUT2D eigenvalue weighted by Crippen LogP contribution is 2.25. The number of carbonyl (C=O) groups excluding carboxylic acids is 1. The minimum absolute atomic E-state index is 0.316. The first kappa shape index (κ1) is 15.9. The van der Waals surface area contributed by atoms with Gasteiger partial charge in [0.05, 0.1) is 30.3 Å². The highest BCUT2D eigenvalue weighted by atomic mass is 79.9. The molecule has 0 unspecified atom stereocenters. The summed E-state index contributed by atoms with van der Waals surface area (Å²) in [6.45, 7) is 1.16. The van der Waals surface area contributed by atoms with Gasteiger partial charge in [-0.3, -0.25) is 4.79 Å². The molecule has 0 atom stereocenters. The Morgan fingerprint density at radius 3 is 2.47 bits per heavy atom. The van der Waals surface area contributed by atoms with Crippen molar-refractivity contribution >= 4 is 21.8 Å². The second-order valence-electron chi connectivity index (χ2n) is 4.25. The smallest absolute Gasteiger partial charge is 0.251 e. The van der Waals surface area contributed by atoms with Crippen LogP contribution in [0.5, 0.6) is 5.75 Å². The predicted molar refractivity (Wildman–Crippen MR) is 75.4 cm³/mol. The average Bonchev–Trinajstić information content (AvgIpc) is 2.44. The summed E-state index contributed by atoms with van der Waals surface area (Å²) in [4.78, 5) is 12.1. The Morgan fingerprint density at radius 1 is 1.42 bits per heavy atom.